The van der Waals surface area contributed by atoms with Crippen LogP contribution < -0.4 is 9.47 Å². The van der Waals surface area contributed by atoms with Crippen LogP contribution in [-0.4, -0.2) is 26.4 Å². The molecule has 48 heavy (non-hydrogen) atoms. The third-order valence-electron chi connectivity index (χ3n) is 8.82. The fourth-order valence-electron chi connectivity index (χ4n) is 6.72. The molecule has 0 aliphatic carbocycles. The number of hydrogen-bond donors (Lipinski definition) is 0. The summed E-state index contributed by atoms with van der Waals surface area (Å²) in [5, 5.41) is 6.98. The number of ether oxygens (including phenoxy) is 2. The van der Waals surface area contributed by atoms with Gasteiger partial charge in [0.05, 0.1) is 13.3 Å². The summed E-state index contributed by atoms with van der Waals surface area (Å²) in [5.41, 5.74) is 10.7. The van der Waals surface area contributed by atoms with Crippen molar-refractivity contribution in [3.8, 4) is 39.9 Å². The maximum atomic E-state index is 6.39. The van der Waals surface area contributed by atoms with Crippen molar-refractivity contribution in [2.45, 2.75) is 53.4 Å². The third kappa shape index (κ3) is 6.18. The van der Waals surface area contributed by atoms with Crippen molar-refractivity contribution in [3.63, 3.8) is 0 Å². The minimum Gasteiger partial charge on any atom is -0.509 e. The minimum atomic E-state index is 0. The van der Waals surface area contributed by atoms with Gasteiger partial charge in [-0.25, -0.2) is 4.98 Å². The van der Waals surface area contributed by atoms with Crippen molar-refractivity contribution >= 4 is 21.8 Å². The molecule has 3 heterocycles. The van der Waals surface area contributed by atoms with E-state index in [4.69, 9.17) is 14.6 Å². The first kappa shape index (κ1) is 33.2. The quantitative estimate of drug-likeness (QED) is 0.129. The molecular weight excluding hydrogens is 776 g/mol. The van der Waals surface area contributed by atoms with Gasteiger partial charge in [-0.15, -0.1) is 35.7 Å². The molecule has 0 amide bonds. The molecule has 6 nitrogen and oxygen atoms in total. The Kier molecular flexibility index (Phi) is 9.84. The Morgan fingerprint density at radius 1 is 0.792 bits per heavy atom. The topological polar surface area (TPSA) is 54.1 Å². The van der Waals surface area contributed by atoms with Gasteiger partial charge in [0.15, 0.2) is 0 Å². The Hall–Kier alpha value is -4.67. The van der Waals surface area contributed by atoms with Crippen LogP contribution in [0.4, 0.5) is 0 Å². The van der Waals surface area contributed by atoms with Gasteiger partial charge in [-0.3, -0.25) is 4.68 Å². The summed E-state index contributed by atoms with van der Waals surface area (Å²) in [7, 11) is 1.66. The van der Waals surface area contributed by atoms with Crippen LogP contribution in [0.1, 0.15) is 48.9 Å². The molecule has 0 bridgehead atoms. The standard InChI is InChI=1S/C41H38N4O2.Pt/c1-6-11-34-27(3)21-28(4)35(12-7-2)41(34)29-25-43-44(26-29)30-13-10-14-32(22-30)47-33-17-18-37-36-15-8-9-16-38(36)45(39(37)23-33)40-24-31(46-5)19-20-42-40;/h8-10,13-21,24-26H,6-7,11-12H2,1-5H3;/q-2;+2. The molecule has 0 saturated carbocycles. The number of pyridine rings is 1. The van der Waals surface area contributed by atoms with Crippen molar-refractivity contribution in [2.75, 3.05) is 7.11 Å². The predicted molar refractivity (Wildman–Crippen MR) is 189 cm³/mol. The molecular formula is C41H38N4O2Pt. The van der Waals surface area contributed by atoms with Crippen molar-refractivity contribution in [3.05, 3.63) is 126 Å². The number of para-hydroxylation sites is 1. The number of nitrogens with zero attached hydrogens (tertiary/aromatic N) is 4. The molecule has 0 aliphatic rings. The summed E-state index contributed by atoms with van der Waals surface area (Å²) < 4.78 is 15.9. The van der Waals surface area contributed by atoms with E-state index in [0.717, 1.165) is 70.3 Å². The van der Waals surface area contributed by atoms with Gasteiger partial charge in [0.2, 0.25) is 0 Å². The van der Waals surface area contributed by atoms with Gasteiger partial charge in [-0.1, -0.05) is 56.5 Å². The summed E-state index contributed by atoms with van der Waals surface area (Å²) in [4.78, 5) is 4.66. The second-order valence-corrected chi connectivity index (χ2v) is 12.0. The first-order chi connectivity index (χ1) is 23.0. The summed E-state index contributed by atoms with van der Waals surface area (Å²) >= 11 is 0. The van der Waals surface area contributed by atoms with E-state index in [9.17, 15) is 0 Å². The molecule has 244 valence electrons. The first-order valence-corrected chi connectivity index (χ1v) is 16.3. The SMILES string of the molecule is CCCc1c(C)cc(C)c(CCC)c1-c1cnn(-c2[c-]c(Oc3[c-]c4c(cc3)c3ccccc3n4-c3cc(OC)ccn3)ccc2)c1.[Pt+2]. The van der Waals surface area contributed by atoms with Crippen molar-refractivity contribution in [1.29, 1.82) is 0 Å². The Bertz CT molecular complexity index is 2200. The predicted octanol–water partition coefficient (Wildman–Crippen LogP) is 9.95. The average molecular weight is 814 g/mol. The van der Waals surface area contributed by atoms with E-state index in [-0.39, 0.29) is 21.1 Å². The van der Waals surface area contributed by atoms with Crippen molar-refractivity contribution in [2.24, 2.45) is 0 Å². The summed E-state index contributed by atoms with van der Waals surface area (Å²) in [6, 6.07) is 31.3. The second kappa shape index (κ2) is 14.2. The largest absolute Gasteiger partial charge is 2.00 e. The van der Waals surface area contributed by atoms with Gasteiger partial charge in [-0.2, -0.15) is 17.2 Å². The van der Waals surface area contributed by atoms with Gasteiger partial charge in [0.25, 0.3) is 0 Å². The van der Waals surface area contributed by atoms with Crippen LogP contribution in [-0.2, 0) is 33.9 Å². The number of aryl methyl sites for hydroxylation is 2. The van der Waals surface area contributed by atoms with Crippen molar-refractivity contribution in [1.82, 2.24) is 19.3 Å². The zero-order valence-electron chi connectivity index (χ0n) is 27.9. The smallest absolute Gasteiger partial charge is 0.509 e. The van der Waals surface area contributed by atoms with E-state index >= 15 is 0 Å². The molecule has 0 aliphatic heterocycles. The molecule has 0 spiro atoms. The molecule has 0 N–H and O–H groups in total. The molecule has 0 atom stereocenters. The molecule has 0 saturated heterocycles. The zero-order chi connectivity index (χ0) is 32.5. The summed E-state index contributed by atoms with van der Waals surface area (Å²) in [5.74, 6) is 2.66. The zero-order valence-corrected chi connectivity index (χ0v) is 30.2. The molecule has 3 aromatic heterocycles. The Morgan fingerprint density at radius 3 is 2.29 bits per heavy atom. The van der Waals surface area contributed by atoms with Crippen LogP contribution in [0.5, 0.6) is 17.2 Å². The van der Waals surface area contributed by atoms with Crippen LogP contribution in [0, 0.1) is 26.0 Å². The van der Waals surface area contributed by atoms with Crippen LogP contribution in [0.2, 0.25) is 0 Å². The van der Waals surface area contributed by atoms with Gasteiger partial charge < -0.3 is 14.0 Å². The number of rotatable bonds is 10. The van der Waals surface area contributed by atoms with Crippen LogP contribution >= 0.6 is 0 Å². The minimum absolute atomic E-state index is 0. The second-order valence-electron chi connectivity index (χ2n) is 12.0. The number of aromatic nitrogens is 4. The molecule has 0 unspecified atom stereocenters. The maximum absolute atomic E-state index is 6.39. The average Bonchev–Trinajstić information content (AvgIpc) is 3.70. The van der Waals surface area contributed by atoms with Crippen LogP contribution in [0.25, 0.3) is 44.4 Å². The number of methoxy groups -OCH3 is 1. The number of hydrogen-bond acceptors (Lipinski definition) is 4. The van der Waals surface area contributed by atoms with E-state index in [1.165, 1.54) is 27.8 Å². The van der Waals surface area contributed by atoms with Crippen LogP contribution in [0.15, 0.2) is 91.4 Å². The Labute approximate surface area is 296 Å². The molecule has 0 fully saturated rings. The van der Waals surface area contributed by atoms with E-state index in [2.05, 4.69) is 79.8 Å². The van der Waals surface area contributed by atoms with E-state index in [1.54, 1.807) is 13.3 Å². The summed E-state index contributed by atoms with van der Waals surface area (Å²) in [6.45, 7) is 8.96. The molecule has 7 aromatic rings. The van der Waals surface area contributed by atoms with Gasteiger partial charge in [0, 0.05) is 41.0 Å². The van der Waals surface area contributed by atoms with Gasteiger partial charge in [-0.05, 0) is 77.7 Å². The Morgan fingerprint density at radius 2 is 1.54 bits per heavy atom. The molecule has 7 rings (SSSR count). The number of benzene rings is 4. The summed E-state index contributed by atoms with van der Waals surface area (Å²) in [6.07, 6.45) is 10.2. The first-order valence-electron chi connectivity index (χ1n) is 16.3. The van der Waals surface area contributed by atoms with Gasteiger partial charge >= 0.3 is 21.1 Å². The number of fused-ring (bicyclic) bond motifs is 3. The van der Waals surface area contributed by atoms with Crippen LogP contribution in [0.3, 0.4) is 0 Å². The fourth-order valence-corrected chi connectivity index (χ4v) is 6.72. The Balaban J connectivity index is 0.00000401. The van der Waals surface area contributed by atoms with Crippen molar-refractivity contribution < 1.29 is 30.5 Å². The monoisotopic (exact) mass is 813 g/mol. The van der Waals surface area contributed by atoms with Gasteiger partial charge in [0.1, 0.15) is 11.6 Å². The fraction of sp³-hybridized carbons (Fsp3) is 0.220. The third-order valence-corrected chi connectivity index (χ3v) is 8.82. The van der Waals surface area contributed by atoms with E-state index in [1.807, 2.05) is 59.4 Å². The maximum Gasteiger partial charge on any atom is 2.00 e. The van der Waals surface area contributed by atoms with E-state index in [0.29, 0.717) is 11.5 Å². The molecule has 4 aromatic carbocycles. The normalized spacial score (nSPS) is 11.2. The van der Waals surface area contributed by atoms with E-state index < -0.39 is 0 Å². The molecule has 7 heteroatoms. The molecule has 0 radical (unpaired) electrons.